The van der Waals surface area contributed by atoms with Gasteiger partial charge in [0, 0.05) is 6.20 Å². The number of hydrogen-bond acceptors (Lipinski definition) is 4. The van der Waals surface area contributed by atoms with Crippen LogP contribution in [0.3, 0.4) is 0 Å². The summed E-state index contributed by atoms with van der Waals surface area (Å²) in [6.45, 7) is 9.19. The Labute approximate surface area is 184 Å². The fourth-order valence-corrected chi connectivity index (χ4v) is 3.48. The molecule has 0 fully saturated rings. The van der Waals surface area contributed by atoms with Crippen molar-refractivity contribution in [3.05, 3.63) is 72.1 Å². The predicted octanol–water partition coefficient (Wildman–Crippen LogP) is 4.73. The lowest BCUT2D eigenvalue weighted by atomic mass is 9.95. The van der Waals surface area contributed by atoms with E-state index < -0.39 is 0 Å². The summed E-state index contributed by atoms with van der Waals surface area (Å²) in [4.78, 5) is 12.8. The molecule has 0 aliphatic rings. The van der Waals surface area contributed by atoms with Crippen LogP contribution in [0.1, 0.15) is 44.9 Å². The van der Waals surface area contributed by atoms with Crippen LogP contribution in [0.4, 0.5) is 0 Å². The lowest BCUT2D eigenvalue weighted by molar-refractivity contribution is -0.121. The van der Waals surface area contributed by atoms with Gasteiger partial charge in [0.2, 0.25) is 5.91 Å². The van der Waals surface area contributed by atoms with E-state index in [1.807, 2.05) is 68.6 Å². The van der Waals surface area contributed by atoms with Crippen molar-refractivity contribution < 1.29 is 14.3 Å². The second-order valence-electron chi connectivity index (χ2n) is 7.67. The molecule has 0 saturated carbocycles. The summed E-state index contributed by atoms with van der Waals surface area (Å²) in [5, 5.41) is 7.56. The topological polar surface area (TPSA) is 65.4 Å². The maximum atomic E-state index is 12.8. The van der Waals surface area contributed by atoms with E-state index in [-0.39, 0.29) is 24.3 Å². The van der Waals surface area contributed by atoms with Gasteiger partial charge in [-0.05, 0) is 55.2 Å². The minimum absolute atomic E-state index is 0.0434. The van der Waals surface area contributed by atoms with Crippen LogP contribution in [0, 0.1) is 5.92 Å². The van der Waals surface area contributed by atoms with Crippen LogP contribution >= 0.6 is 0 Å². The number of hydrogen-bond donors (Lipinski definition) is 1. The van der Waals surface area contributed by atoms with Crippen molar-refractivity contribution in [2.45, 2.75) is 40.2 Å². The smallest absolute Gasteiger partial charge is 0.225 e. The van der Waals surface area contributed by atoms with E-state index in [0.29, 0.717) is 19.0 Å². The summed E-state index contributed by atoms with van der Waals surface area (Å²) in [6, 6.07) is 15.6. The van der Waals surface area contributed by atoms with Gasteiger partial charge in [-0.1, -0.05) is 38.1 Å². The Morgan fingerprint density at radius 3 is 2.42 bits per heavy atom. The standard InChI is InChI=1S/C25H31N3O3/c1-5-30-22-13-12-20(15-23(22)31-6-2)25(18(3)4)27-24(29)14-19-16-26-28(17-19)21-10-8-7-9-11-21/h7-13,15-18,25H,5-6,14H2,1-4H3,(H,27,29). The summed E-state index contributed by atoms with van der Waals surface area (Å²) in [5.74, 6) is 1.59. The number of ether oxygens (including phenoxy) is 2. The van der Waals surface area contributed by atoms with Gasteiger partial charge in [0.05, 0.1) is 37.6 Å². The molecule has 2 aromatic carbocycles. The van der Waals surface area contributed by atoms with Crippen LogP contribution in [0.15, 0.2) is 60.9 Å². The summed E-state index contributed by atoms with van der Waals surface area (Å²) >= 11 is 0. The molecule has 1 heterocycles. The molecule has 6 nitrogen and oxygen atoms in total. The highest BCUT2D eigenvalue weighted by molar-refractivity contribution is 5.79. The number of nitrogens with zero attached hydrogens (tertiary/aromatic N) is 2. The maximum absolute atomic E-state index is 12.8. The van der Waals surface area contributed by atoms with Gasteiger partial charge in [-0.25, -0.2) is 4.68 Å². The highest BCUT2D eigenvalue weighted by Gasteiger charge is 2.21. The van der Waals surface area contributed by atoms with Crippen LogP contribution in [-0.4, -0.2) is 28.9 Å². The lowest BCUT2D eigenvalue weighted by Crippen LogP contribution is -2.32. The zero-order valence-corrected chi connectivity index (χ0v) is 18.7. The number of benzene rings is 2. The number of para-hydroxylation sites is 1. The number of aromatic nitrogens is 2. The molecule has 0 aliphatic carbocycles. The van der Waals surface area contributed by atoms with Crippen LogP contribution in [0.25, 0.3) is 5.69 Å². The summed E-state index contributed by atoms with van der Waals surface area (Å²) in [5.41, 5.74) is 2.83. The Morgan fingerprint density at radius 1 is 1.03 bits per heavy atom. The molecular formula is C25H31N3O3. The number of nitrogens with one attached hydrogen (secondary N) is 1. The molecule has 31 heavy (non-hydrogen) atoms. The molecular weight excluding hydrogens is 390 g/mol. The maximum Gasteiger partial charge on any atom is 0.225 e. The number of carbonyl (C=O) groups excluding carboxylic acids is 1. The summed E-state index contributed by atoms with van der Waals surface area (Å²) < 4.78 is 13.2. The fraction of sp³-hybridized carbons (Fsp3) is 0.360. The van der Waals surface area contributed by atoms with E-state index in [1.54, 1.807) is 10.9 Å². The van der Waals surface area contributed by atoms with Crippen LogP contribution < -0.4 is 14.8 Å². The zero-order valence-electron chi connectivity index (χ0n) is 18.7. The van der Waals surface area contributed by atoms with Gasteiger partial charge in [-0.3, -0.25) is 4.79 Å². The minimum Gasteiger partial charge on any atom is -0.490 e. The third-order valence-electron chi connectivity index (χ3n) is 4.93. The molecule has 1 amide bonds. The van der Waals surface area contributed by atoms with Crippen LogP contribution in [0.2, 0.25) is 0 Å². The molecule has 0 bridgehead atoms. The van der Waals surface area contributed by atoms with E-state index in [2.05, 4.69) is 24.3 Å². The SMILES string of the molecule is CCOc1ccc(C(NC(=O)Cc2cnn(-c3ccccc3)c2)C(C)C)cc1OCC. The normalized spacial score (nSPS) is 11.9. The van der Waals surface area contributed by atoms with Gasteiger partial charge in [0.25, 0.3) is 0 Å². The van der Waals surface area contributed by atoms with Crippen molar-refractivity contribution in [1.29, 1.82) is 0 Å². The van der Waals surface area contributed by atoms with Gasteiger partial charge in [-0.15, -0.1) is 0 Å². The monoisotopic (exact) mass is 421 g/mol. The number of rotatable bonds is 10. The second-order valence-corrected chi connectivity index (χ2v) is 7.67. The van der Waals surface area contributed by atoms with Gasteiger partial charge >= 0.3 is 0 Å². The Balaban J connectivity index is 1.72. The average molecular weight is 422 g/mol. The van der Waals surface area contributed by atoms with Crippen LogP contribution in [-0.2, 0) is 11.2 Å². The molecule has 1 atom stereocenters. The molecule has 1 N–H and O–H groups in total. The van der Waals surface area contributed by atoms with Crippen molar-refractivity contribution in [3.8, 4) is 17.2 Å². The molecule has 0 spiro atoms. The van der Waals surface area contributed by atoms with E-state index in [9.17, 15) is 4.79 Å². The largest absolute Gasteiger partial charge is 0.490 e. The number of amides is 1. The van der Waals surface area contributed by atoms with Crippen molar-refractivity contribution in [3.63, 3.8) is 0 Å². The molecule has 0 radical (unpaired) electrons. The molecule has 164 valence electrons. The summed E-state index contributed by atoms with van der Waals surface area (Å²) in [7, 11) is 0. The summed E-state index contributed by atoms with van der Waals surface area (Å²) in [6.07, 6.45) is 3.90. The minimum atomic E-state index is -0.133. The third-order valence-corrected chi connectivity index (χ3v) is 4.93. The first-order valence-electron chi connectivity index (χ1n) is 10.8. The zero-order chi connectivity index (χ0) is 22.2. The molecule has 3 aromatic rings. The Morgan fingerprint density at radius 2 is 1.74 bits per heavy atom. The third kappa shape index (κ3) is 5.87. The molecule has 0 aliphatic heterocycles. The first-order valence-corrected chi connectivity index (χ1v) is 10.8. The van der Waals surface area contributed by atoms with Gasteiger partial charge in [0.1, 0.15) is 0 Å². The van der Waals surface area contributed by atoms with Gasteiger partial charge < -0.3 is 14.8 Å². The van der Waals surface area contributed by atoms with Crippen LogP contribution in [0.5, 0.6) is 11.5 Å². The van der Waals surface area contributed by atoms with E-state index >= 15 is 0 Å². The molecule has 6 heteroatoms. The number of carbonyl (C=O) groups is 1. The van der Waals surface area contributed by atoms with E-state index in [1.165, 1.54) is 0 Å². The second kappa shape index (κ2) is 10.7. The highest BCUT2D eigenvalue weighted by atomic mass is 16.5. The Kier molecular flexibility index (Phi) is 7.70. The first kappa shape index (κ1) is 22.4. The molecule has 1 unspecified atom stereocenters. The molecule has 1 aromatic heterocycles. The van der Waals surface area contributed by atoms with E-state index in [0.717, 1.165) is 22.6 Å². The predicted molar refractivity (Wildman–Crippen MR) is 122 cm³/mol. The molecule has 3 rings (SSSR count). The lowest BCUT2D eigenvalue weighted by Gasteiger charge is -2.24. The Bertz CT molecular complexity index is 983. The first-order chi connectivity index (χ1) is 15.0. The van der Waals surface area contributed by atoms with E-state index in [4.69, 9.17) is 9.47 Å². The highest BCUT2D eigenvalue weighted by Crippen LogP contribution is 2.33. The van der Waals surface area contributed by atoms with Crippen molar-refractivity contribution in [2.24, 2.45) is 5.92 Å². The van der Waals surface area contributed by atoms with Gasteiger partial charge in [-0.2, -0.15) is 5.10 Å². The molecule has 0 saturated heterocycles. The Hall–Kier alpha value is -3.28. The van der Waals surface area contributed by atoms with Gasteiger partial charge in [0.15, 0.2) is 11.5 Å². The quantitative estimate of drug-likeness (QED) is 0.514. The fourth-order valence-electron chi connectivity index (χ4n) is 3.48. The average Bonchev–Trinajstić information content (AvgIpc) is 3.22. The van der Waals surface area contributed by atoms with Crippen molar-refractivity contribution >= 4 is 5.91 Å². The van der Waals surface area contributed by atoms with Crippen molar-refractivity contribution in [1.82, 2.24) is 15.1 Å². The van der Waals surface area contributed by atoms with Crippen molar-refractivity contribution in [2.75, 3.05) is 13.2 Å².